The summed E-state index contributed by atoms with van der Waals surface area (Å²) in [5.41, 5.74) is 2.41. The van der Waals surface area contributed by atoms with Crippen molar-refractivity contribution in [2.75, 3.05) is 26.3 Å². The topological polar surface area (TPSA) is 58.6 Å². The molecule has 4 atom stereocenters. The van der Waals surface area contributed by atoms with Crippen LogP contribution in [-0.2, 0) is 4.74 Å². The lowest BCUT2D eigenvalue weighted by Gasteiger charge is -2.38. The zero-order valence-corrected chi connectivity index (χ0v) is 17.4. The van der Waals surface area contributed by atoms with Crippen molar-refractivity contribution in [1.29, 1.82) is 0 Å². The lowest BCUT2D eigenvalue weighted by molar-refractivity contribution is 0.0598. The van der Waals surface area contributed by atoms with Crippen LogP contribution in [0, 0.1) is 17.7 Å². The van der Waals surface area contributed by atoms with Crippen LogP contribution in [0.5, 0.6) is 0 Å². The second-order valence-electron chi connectivity index (χ2n) is 9.00. The molecule has 2 aliphatic heterocycles. The van der Waals surface area contributed by atoms with Gasteiger partial charge in [0.2, 0.25) is 0 Å². The molecule has 5 nitrogen and oxygen atoms in total. The average molecular weight is 423 g/mol. The van der Waals surface area contributed by atoms with Crippen molar-refractivity contribution in [2.24, 2.45) is 11.8 Å². The molecule has 3 fully saturated rings. The van der Waals surface area contributed by atoms with Gasteiger partial charge in [0.15, 0.2) is 0 Å². The van der Waals surface area contributed by atoms with Crippen molar-refractivity contribution >= 4 is 11.8 Å². The number of ether oxygens (including phenoxy) is 1. The zero-order valence-electron chi connectivity index (χ0n) is 17.4. The largest absolute Gasteiger partial charge is 0.381 e. The maximum absolute atomic E-state index is 13.2. The SMILES string of the molecule is O=C(NC1[C@@H]2CC[C@H]1CN(C(=O)c1ccc(F)cc1)C2)c1ccc(C2CCOC2)cc1. The Morgan fingerprint density at radius 1 is 0.903 bits per heavy atom. The third-order valence-electron chi connectivity index (χ3n) is 7.08. The molecule has 6 heteroatoms. The molecule has 2 aromatic carbocycles. The molecule has 1 N–H and O–H groups in total. The number of halogens is 1. The summed E-state index contributed by atoms with van der Waals surface area (Å²) in [6.07, 6.45) is 3.04. The van der Waals surface area contributed by atoms with Crippen molar-refractivity contribution in [3.05, 3.63) is 71.0 Å². The van der Waals surface area contributed by atoms with E-state index in [0.29, 0.717) is 30.1 Å². The van der Waals surface area contributed by atoms with Gasteiger partial charge in [-0.1, -0.05) is 12.1 Å². The number of hydrogen-bond acceptors (Lipinski definition) is 3. The third-order valence-corrected chi connectivity index (χ3v) is 7.08. The number of carbonyl (C=O) groups excluding carboxylic acids is 2. The number of piperidine rings is 1. The van der Waals surface area contributed by atoms with Crippen molar-refractivity contribution in [3.63, 3.8) is 0 Å². The average Bonchev–Trinajstić information content (AvgIpc) is 3.40. The molecule has 1 aliphatic carbocycles. The summed E-state index contributed by atoms with van der Waals surface area (Å²) in [4.78, 5) is 27.6. The molecule has 2 heterocycles. The van der Waals surface area contributed by atoms with Crippen molar-refractivity contribution in [2.45, 2.75) is 31.2 Å². The first-order valence-corrected chi connectivity index (χ1v) is 11.1. The number of hydrogen-bond donors (Lipinski definition) is 1. The number of nitrogens with zero attached hydrogens (tertiary/aromatic N) is 1. The van der Waals surface area contributed by atoms with Crippen LogP contribution in [-0.4, -0.2) is 49.1 Å². The highest BCUT2D eigenvalue weighted by Crippen LogP contribution is 2.37. The van der Waals surface area contributed by atoms with E-state index in [9.17, 15) is 14.0 Å². The number of nitrogens with one attached hydrogen (secondary N) is 1. The van der Waals surface area contributed by atoms with Crippen LogP contribution >= 0.6 is 0 Å². The van der Waals surface area contributed by atoms with Gasteiger partial charge in [0.25, 0.3) is 11.8 Å². The van der Waals surface area contributed by atoms with Gasteiger partial charge in [-0.2, -0.15) is 0 Å². The molecule has 2 bridgehead atoms. The van der Waals surface area contributed by atoms with E-state index in [1.54, 1.807) is 0 Å². The number of fused-ring (bicyclic) bond motifs is 2. The first-order valence-electron chi connectivity index (χ1n) is 11.1. The van der Waals surface area contributed by atoms with Crippen LogP contribution in [0.3, 0.4) is 0 Å². The van der Waals surface area contributed by atoms with E-state index in [-0.39, 0.29) is 35.5 Å². The van der Waals surface area contributed by atoms with Crippen LogP contribution in [0.4, 0.5) is 4.39 Å². The Labute approximate surface area is 181 Å². The van der Waals surface area contributed by atoms with Crippen molar-refractivity contribution in [3.8, 4) is 0 Å². The maximum Gasteiger partial charge on any atom is 0.253 e. The summed E-state index contributed by atoms with van der Waals surface area (Å²) in [7, 11) is 0. The third kappa shape index (κ3) is 4.09. The van der Waals surface area contributed by atoms with Gasteiger partial charge in [-0.15, -0.1) is 0 Å². The zero-order chi connectivity index (χ0) is 21.4. The fraction of sp³-hybridized carbons (Fsp3) is 0.440. The molecule has 0 radical (unpaired) electrons. The molecule has 0 spiro atoms. The molecule has 2 amide bonds. The molecular weight excluding hydrogens is 395 g/mol. The van der Waals surface area contributed by atoms with Gasteiger partial charge in [-0.3, -0.25) is 9.59 Å². The maximum atomic E-state index is 13.2. The monoisotopic (exact) mass is 422 g/mol. The highest BCUT2D eigenvalue weighted by molar-refractivity contribution is 5.95. The minimum Gasteiger partial charge on any atom is -0.381 e. The normalized spacial score (nSPS) is 27.3. The Balaban J connectivity index is 1.22. The lowest BCUT2D eigenvalue weighted by atomic mass is 9.91. The van der Waals surface area contributed by atoms with Crippen LogP contribution in [0.15, 0.2) is 48.5 Å². The molecular formula is C25H27FN2O3. The molecule has 162 valence electrons. The van der Waals surface area contributed by atoms with Gasteiger partial charge in [0.1, 0.15) is 5.82 Å². The van der Waals surface area contributed by atoms with E-state index in [4.69, 9.17) is 4.74 Å². The Hall–Kier alpha value is -2.73. The van der Waals surface area contributed by atoms with Gasteiger partial charge in [0, 0.05) is 42.8 Å². The summed E-state index contributed by atoms with van der Waals surface area (Å²) in [5, 5.41) is 3.24. The van der Waals surface area contributed by atoms with E-state index in [0.717, 1.165) is 32.5 Å². The van der Waals surface area contributed by atoms with Gasteiger partial charge in [0.05, 0.1) is 6.61 Å². The second-order valence-corrected chi connectivity index (χ2v) is 9.00. The van der Waals surface area contributed by atoms with Gasteiger partial charge in [-0.25, -0.2) is 4.39 Å². The number of rotatable bonds is 4. The van der Waals surface area contributed by atoms with Crippen LogP contribution in [0.2, 0.25) is 0 Å². The van der Waals surface area contributed by atoms with Crippen LogP contribution < -0.4 is 5.32 Å². The van der Waals surface area contributed by atoms with E-state index in [1.807, 2.05) is 29.2 Å². The first kappa shape index (κ1) is 20.2. The number of carbonyl (C=O) groups is 2. The Bertz CT molecular complexity index is 940. The summed E-state index contributed by atoms with van der Waals surface area (Å²) < 4.78 is 18.6. The summed E-state index contributed by atoms with van der Waals surface area (Å²) in [5.74, 6) is 0.477. The summed E-state index contributed by atoms with van der Waals surface area (Å²) >= 11 is 0. The molecule has 1 saturated carbocycles. The number of amides is 2. The van der Waals surface area contributed by atoms with Gasteiger partial charge < -0.3 is 15.0 Å². The molecule has 3 aliphatic rings. The first-order chi connectivity index (χ1) is 15.1. The van der Waals surface area contributed by atoms with Crippen molar-refractivity contribution in [1.82, 2.24) is 10.2 Å². The number of likely N-dealkylation sites (tertiary alicyclic amines) is 1. The van der Waals surface area contributed by atoms with Gasteiger partial charge in [-0.05, 0) is 73.1 Å². The molecule has 31 heavy (non-hydrogen) atoms. The van der Waals surface area contributed by atoms with Crippen LogP contribution in [0.1, 0.15) is 51.5 Å². The van der Waals surface area contributed by atoms with Gasteiger partial charge >= 0.3 is 0 Å². The molecule has 2 unspecified atom stereocenters. The van der Waals surface area contributed by atoms with E-state index < -0.39 is 0 Å². The standard InChI is InChI=1S/C25H27FN2O3/c26-22-9-7-18(8-10-22)25(30)28-13-19-5-6-20(14-28)23(19)27-24(29)17-3-1-16(2-4-17)21-11-12-31-15-21/h1-4,7-10,19-21,23H,5-6,11-15H2,(H,27,29)/t19-,20+,21?,23?. The number of benzene rings is 2. The minimum absolute atomic E-state index is 0.0468. The minimum atomic E-state index is -0.345. The molecule has 2 aromatic rings. The Morgan fingerprint density at radius 2 is 1.55 bits per heavy atom. The fourth-order valence-electron chi connectivity index (χ4n) is 5.34. The summed E-state index contributed by atoms with van der Waals surface area (Å²) in [6, 6.07) is 13.7. The van der Waals surface area contributed by atoms with E-state index in [1.165, 1.54) is 29.8 Å². The van der Waals surface area contributed by atoms with E-state index in [2.05, 4.69) is 5.32 Å². The highest BCUT2D eigenvalue weighted by atomic mass is 19.1. The highest BCUT2D eigenvalue weighted by Gasteiger charge is 2.44. The second kappa shape index (κ2) is 8.42. The van der Waals surface area contributed by atoms with E-state index >= 15 is 0 Å². The Kier molecular flexibility index (Phi) is 5.48. The molecule has 2 saturated heterocycles. The molecule has 0 aromatic heterocycles. The van der Waals surface area contributed by atoms with Crippen molar-refractivity contribution < 1.29 is 18.7 Å². The quantitative estimate of drug-likeness (QED) is 0.819. The summed E-state index contributed by atoms with van der Waals surface area (Å²) in [6.45, 7) is 2.80. The predicted molar refractivity (Wildman–Crippen MR) is 114 cm³/mol. The smallest absolute Gasteiger partial charge is 0.253 e. The Morgan fingerprint density at radius 3 is 2.16 bits per heavy atom. The fourth-order valence-corrected chi connectivity index (χ4v) is 5.34. The predicted octanol–water partition coefficient (Wildman–Crippen LogP) is 3.61. The molecule has 5 rings (SSSR count). The van der Waals surface area contributed by atoms with Crippen LogP contribution in [0.25, 0.3) is 0 Å². The lowest BCUT2D eigenvalue weighted by Crippen LogP contribution is -2.54.